The minimum absolute atomic E-state index is 0.00856. The van der Waals surface area contributed by atoms with Crippen LogP contribution in [0.25, 0.3) is 11.0 Å². The molecule has 0 saturated carbocycles. The van der Waals surface area contributed by atoms with Gasteiger partial charge in [0.25, 0.3) is 5.69 Å². The van der Waals surface area contributed by atoms with Gasteiger partial charge in [-0.05, 0) is 18.2 Å². The topological polar surface area (TPSA) is 83.1 Å². The lowest BCUT2D eigenvalue weighted by Crippen LogP contribution is -2.12. The van der Waals surface area contributed by atoms with Crippen LogP contribution in [-0.2, 0) is 0 Å². The normalized spacial score (nSPS) is 10.5. The Morgan fingerprint density at radius 2 is 2.40 bits per heavy atom. The second-order valence-electron chi connectivity index (χ2n) is 2.81. The van der Waals surface area contributed by atoms with E-state index in [-0.39, 0.29) is 5.69 Å². The van der Waals surface area contributed by atoms with Crippen molar-refractivity contribution >= 4 is 16.7 Å². The molecule has 15 heavy (non-hydrogen) atoms. The van der Waals surface area contributed by atoms with Gasteiger partial charge >= 0.3 is 0 Å². The Morgan fingerprint density at radius 3 is 3.07 bits per heavy atom. The Balaban J connectivity index is 2.56. The fourth-order valence-corrected chi connectivity index (χ4v) is 1.22. The van der Waals surface area contributed by atoms with Crippen molar-refractivity contribution in [3.05, 3.63) is 28.3 Å². The zero-order valence-corrected chi connectivity index (χ0v) is 7.95. The highest BCUT2D eigenvalue weighted by molar-refractivity contribution is 5.76. The molecule has 0 atom stereocenters. The molecule has 0 unspecified atom stereocenters. The van der Waals surface area contributed by atoms with Crippen molar-refractivity contribution in [3.63, 3.8) is 0 Å². The third-order valence-corrected chi connectivity index (χ3v) is 1.86. The van der Waals surface area contributed by atoms with Gasteiger partial charge in [-0.3, -0.25) is 10.1 Å². The number of nitrogens with zero attached hydrogens (tertiary/aromatic N) is 4. The first-order valence-corrected chi connectivity index (χ1v) is 4.35. The molecule has 0 spiro atoms. The predicted octanol–water partition coefficient (Wildman–Crippen LogP) is 0.788. The van der Waals surface area contributed by atoms with Crippen LogP contribution in [0.5, 0.6) is 0 Å². The van der Waals surface area contributed by atoms with Crippen molar-refractivity contribution in [2.24, 2.45) is 0 Å². The summed E-state index contributed by atoms with van der Waals surface area (Å²) >= 11 is 0. The first kappa shape index (κ1) is 9.38. The number of nitro groups is 1. The molecule has 2 aromatic rings. The molecule has 2 rings (SSSR count). The smallest absolute Gasteiger partial charge is 0.271 e. The number of fused-ring (bicyclic) bond motifs is 1. The molecule has 0 aliphatic heterocycles. The fraction of sp³-hybridized carbons (Fsp3) is 0.250. The van der Waals surface area contributed by atoms with Crippen molar-refractivity contribution in [2.75, 3.05) is 6.61 Å². The van der Waals surface area contributed by atoms with E-state index in [4.69, 9.17) is 4.84 Å². The third kappa shape index (κ3) is 1.58. The summed E-state index contributed by atoms with van der Waals surface area (Å²) in [7, 11) is 0. The summed E-state index contributed by atoms with van der Waals surface area (Å²) in [6.07, 6.45) is 0. The fourth-order valence-electron chi connectivity index (χ4n) is 1.22. The monoisotopic (exact) mass is 208 g/mol. The van der Waals surface area contributed by atoms with Crippen molar-refractivity contribution in [2.45, 2.75) is 6.92 Å². The third-order valence-electron chi connectivity index (χ3n) is 1.86. The molecule has 0 fully saturated rings. The predicted molar refractivity (Wildman–Crippen MR) is 51.3 cm³/mol. The zero-order chi connectivity index (χ0) is 10.8. The SMILES string of the molecule is CCOn1nnc2ccc([N+](=O)[O-])cc21. The number of aromatic nitrogens is 3. The molecule has 0 aliphatic rings. The molecular weight excluding hydrogens is 200 g/mol. The first-order valence-electron chi connectivity index (χ1n) is 4.35. The van der Waals surface area contributed by atoms with Crippen molar-refractivity contribution in [1.82, 2.24) is 15.2 Å². The van der Waals surface area contributed by atoms with Gasteiger partial charge in [0.2, 0.25) is 0 Å². The molecule has 0 aliphatic carbocycles. The molecular formula is C8H8N4O3. The van der Waals surface area contributed by atoms with Gasteiger partial charge in [0.05, 0.1) is 4.92 Å². The quantitative estimate of drug-likeness (QED) is 0.550. The van der Waals surface area contributed by atoms with E-state index in [0.29, 0.717) is 17.6 Å². The van der Waals surface area contributed by atoms with E-state index < -0.39 is 4.92 Å². The van der Waals surface area contributed by atoms with Crippen LogP contribution in [0, 0.1) is 10.1 Å². The van der Waals surface area contributed by atoms with Gasteiger partial charge < -0.3 is 4.84 Å². The van der Waals surface area contributed by atoms with E-state index >= 15 is 0 Å². The number of non-ortho nitro benzene ring substituents is 1. The van der Waals surface area contributed by atoms with Gasteiger partial charge in [-0.1, -0.05) is 4.85 Å². The number of hydrogen-bond donors (Lipinski definition) is 0. The Bertz CT molecular complexity index is 508. The summed E-state index contributed by atoms with van der Waals surface area (Å²) in [6, 6.07) is 4.30. The second-order valence-corrected chi connectivity index (χ2v) is 2.81. The lowest BCUT2D eigenvalue weighted by Gasteiger charge is -2.00. The Labute approximate surface area is 84.4 Å². The Kier molecular flexibility index (Phi) is 2.20. The highest BCUT2D eigenvalue weighted by Crippen LogP contribution is 2.17. The number of nitro benzene ring substituents is 1. The zero-order valence-electron chi connectivity index (χ0n) is 7.95. The van der Waals surface area contributed by atoms with Crippen molar-refractivity contribution in [1.29, 1.82) is 0 Å². The molecule has 7 nitrogen and oxygen atoms in total. The summed E-state index contributed by atoms with van der Waals surface area (Å²) in [4.78, 5) is 16.4. The van der Waals surface area contributed by atoms with Gasteiger partial charge in [0.1, 0.15) is 17.6 Å². The second kappa shape index (κ2) is 3.52. The maximum absolute atomic E-state index is 10.6. The standard InChI is InChI=1S/C8H8N4O3/c1-2-15-11-8-5-6(12(13)14)3-4-7(8)9-10-11/h3-5H,2H2,1H3. The lowest BCUT2D eigenvalue weighted by molar-refractivity contribution is -0.384. The molecule has 1 heterocycles. The van der Waals surface area contributed by atoms with E-state index in [0.717, 1.165) is 0 Å². The minimum Gasteiger partial charge on any atom is -0.395 e. The Hall–Kier alpha value is -2.18. The van der Waals surface area contributed by atoms with Crippen LogP contribution in [-0.4, -0.2) is 26.7 Å². The van der Waals surface area contributed by atoms with E-state index in [9.17, 15) is 10.1 Å². The van der Waals surface area contributed by atoms with Gasteiger partial charge in [0.15, 0.2) is 0 Å². The maximum Gasteiger partial charge on any atom is 0.271 e. The average Bonchev–Trinajstić information content (AvgIpc) is 2.61. The number of benzene rings is 1. The maximum atomic E-state index is 10.6. The van der Waals surface area contributed by atoms with Crippen LogP contribution in [0.2, 0.25) is 0 Å². The number of rotatable bonds is 3. The van der Waals surface area contributed by atoms with Crippen LogP contribution in [0.4, 0.5) is 5.69 Å². The molecule has 0 bridgehead atoms. The van der Waals surface area contributed by atoms with Crippen LogP contribution in [0.15, 0.2) is 18.2 Å². The largest absolute Gasteiger partial charge is 0.395 e. The molecule has 0 saturated heterocycles. The average molecular weight is 208 g/mol. The number of hydrogen-bond acceptors (Lipinski definition) is 5. The molecule has 78 valence electrons. The molecule has 0 N–H and O–H groups in total. The lowest BCUT2D eigenvalue weighted by atomic mass is 10.3. The van der Waals surface area contributed by atoms with Crippen molar-refractivity contribution in [3.8, 4) is 0 Å². The minimum atomic E-state index is -0.470. The van der Waals surface area contributed by atoms with Crippen LogP contribution >= 0.6 is 0 Å². The summed E-state index contributed by atoms with van der Waals surface area (Å²) in [6.45, 7) is 2.21. The molecule has 0 amide bonds. The van der Waals surface area contributed by atoms with E-state index in [2.05, 4.69) is 10.3 Å². The summed E-state index contributed by atoms with van der Waals surface area (Å²) < 4.78 is 0. The molecule has 1 aromatic carbocycles. The van der Waals surface area contributed by atoms with Gasteiger partial charge in [-0.25, -0.2) is 0 Å². The van der Waals surface area contributed by atoms with Gasteiger partial charge in [-0.15, -0.1) is 5.10 Å². The van der Waals surface area contributed by atoms with E-state index in [1.807, 2.05) is 0 Å². The van der Waals surface area contributed by atoms with Crippen LogP contribution in [0.3, 0.4) is 0 Å². The molecule has 0 radical (unpaired) electrons. The summed E-state index contributed by atoms with van der Waals surface area (Å²) in [5.74, 6) is 0. The van der Waals surface area contributed by atoms with E-state index in [1.54, 1.807) is 6.92 Å². The van der Waals surface area contributed by atoms with Gasteiger partial charge in [-0.2, -0.15) is 0 Å². The van der Waals surface area contributed by atoms with Crippen LogP contribution in [0.1, 0.15) is 6.92 Å². The summed E-state index contributed by atoms with van der Waals surface area (Å²) in [5, 5.41) is 18.1. The Morgan fingerprint density at radius 1 is 1.60 bits per heavy atom. The highest BCUT2D eigenvalue weighted by Gasteiger charge is 2.11. The van der Waals surface area contributed by atoms with Crippen LogP contribution < -0.4 is 4.84 Å². The van der Waals surface area contributed by atoms with Gasteiger partial charge in [0, 0.05) is 12.1 Å². The summed E-state index contributed by atoms with van der Waals surface area (Å²) in [5.41, 5.74) is 1.05. The first-order chi connectivity index (χ1) is 7.22. The van der Waals surface area contributed by atoms with Crippen molar-refractivity contribution < 1.29 is 9.76 Å². The highest BCUT2D eigenvalue weighted by atomic mass is 16.7. The molecule has 7 heteroatoms. The van der Waals surface area contributed by atoms with E-state index in [1.165, 1.54) is 23.0 Å². The molecule has 1 aromatic heterocycles.